The van der Waals surface area contributed by atoms with Crippen LogP contribution in [0.5, 0.6) is 0 Å². The van der Waals surface area contributed by atoms with E-state index < -0.39 is 6.04 Å². The van der Waals surface area contributed by atoms with Gasteiger partial charge < -0.3 is 21.3 Å². The molecule has 6 rings (SSSR count). The molecule has 35 heavy (non-hydrogen) atoms. The standard InChI is InChI=1S/C27H32FN5O2/c28-18-4-2-16(3-5-18)12-17-13-22(30-14-17)26(35)33-15-27(10-1-11-27)24(33)25(34)32-21-8-7-20-19(21)6-9-23(29)31-20/h2-6,9,17,21-22,24,30H,1,7-8,10-15H2,(H2,29,31)(H,32,34)/t17-,21+,22+,24+/m0/s1. The summed E-state index contributed by atoms with van der Waals surface area (Å²) < 4.78 is 13.2. The first-order valence-electron chi connectivity index (χ1n) is 12.8. The number of nitrogens with two attached hydrogens (primary N) is 1. The maximum absolute atomic E-state index is 13.5. The van der Waals surface area contributed by atoms with Gasteiger partial charge in [-0.1, -0.05) is 24.6 Å². The van der Waals surface area contributed by atoms with E-state index in [9.17, 15) is 14.0 Å². The van der Waals surface area contributed by atoms with Crippen molar-refractivity contribution in [3.05, 3.63) is 59.0 Å². The minimum Gasteiger partial charge on any atom is -0.384 e. The number of rotatable bonds is 5. The second kappa shape index (κ2) is 8.59. The zero-order valence-corrected chi connectivity index (χ0v) is 19.8. The van der Waals surface area contributed by atoms with E-state index >= 15 is 0 Å². The van der Waals surface area contributed by atoms with Crippen molar-refractivity contribution in [2.45, 2.75) is 63.1 Å². The number of fused-ring (bicyclic) bond motifs is 1. The van der Waals surface area contributed by atoms with Gasteiger partial charge in [0.2, 0.25) is 11.8 Å². The van der Waals surface area contributed by atoms with E-state index in [0.717, 1.165) is 68.3 Å². The second-order valence-electron chi connectivity index (χ2n) is 10.8. The molecule has 4 aliphatic rings. The van der Waals surface area contributed by atoms with Crippen LogP contribution in [-0.4, -0.2) is 46.9 Å². The quantitative estimate of drug-likeness (QED) is 0.615. The largest absolute Gasteiger partial charge is 0.384 e. The Bertz CT molecular complexity index is 1150. The first-order valence-corrected chi connectivity index (χ1v) is 12.8. The number of nitrogens with one attached hydrogen (secondary N) is 2. The molecule has 0 radical (unpaired) electrons. The Labute approximate surface area is 204 Å². The average Bonchev–Trinajstić information content (AvgIpc) is 3.40. The average molecular weight is 478 g/mol. The van der Waals surface area contributed by atoms with E-state index in [2.05, 4.69) is 15.6 Å². The molecule has 1 aromatic heterocycles. The van der Waals surface area contributed by atoms with Crippen molar-refractivity contribution in [3.8, 4) is 0 Å². The third-order valence-corrected chi connectivity index (χ3v) is 8.61. The summed E-state index contributed by atoms with van der Waals surface area (Å²) in [5.74, 6) is 0.572. The van der Waals surface area contributed by atoms with Gasteiger partial charge in [0, 0.05) is 17.7 Å². The van der Waals surface area contributed by atoms with Crippen molar-refractivity contribution < 1.29 is 14.0 Å². The minimum absolute atomic E-state index is 0.0329. The lowest BCUT2D eigenvalue weighted by Gasteiger charge is -2.61. The van der Waals surface area contributed by atoms with E-state index in [-0.39, 0.29) is 35.1 Å². The Kier molecular flexibility index (Phi) is 5.51. The van der Waals surface area contributed by atoms with Gasteiger partial charge in [0.1, 0.15) is 17.7 Å². The van der Waals surface area contributed by atoms with Crippen molar-refractivity contribution in [1.29, 1.82) is 0 Å². The Morgan fingerprint density at radius 2 is 2.00 bits per heavy atom. The van der Waals surface area contributed by atoms with Crippen molar-refractivity contribution in [3.63, 3.8) is 0 Å². The third-order valence-electron chi connectivity index (χ3n) is 8.61. The van der Waals surface area contributed by atoms with Gasteiger partial charge in [0.25, 0.3) is 0 Å². The van der Waals surface area contributed by atoms with Gasteiger partial charge in [-0.25, -0.2) is 9.37 Å². The van der Waals surface area contributed by atoms with Crippen LogP contribution in [0, 0.1) is 17.2 Å². The zero-order chi connectivity index (χ0) is 24.2. The van der Waals surface area contributed by atoms with Gasteiger partial charge in [-0.05, 0) is 80.3 Å². The van der Waals surface area contributed by atoms with Crippen molar-refractivity contribution in [2.24, 2.45) is 11.3 Å². The predicted molar refractivity (Wildman–Crippen MR) is 130 cm³/mol. The first-order chi connectivity index (χ1) is 16.9. The summed E-state index contributed by atoms with van der Waals surface area (Å²) in [5.41, 5.74) is 8.83. The van der Waals surface area contributed by atoms with Gasteiger partial charge in [0.05, 0.1) is 12.1 Å². The molecule has 0 unspecified atom stereocenters. The van der Waals surface area contributed by atoms with Gasteiger partial charge in [-0.3, -0.25) is 9.59 Å². The molecule has 4 N–H and O–H groups in total. The molecule has 1 aromatic carbocycles. The number of benzene rings is 1. The molecule has 2 aliphatic heterocycles. The fourth-order valence-electron chi connectivity index (χ4n) is 6.61. The van der Waals surface area contributed by atoms with Crippen LogP contribution in [-0.2, 0) is 22.4 Å². The lowest BCUT2D eigenvalue weighted by molar-refractivity contribution is -0.178. The molecule has 2 amide bonds. The number of aryl methyl sites for hydroxylation is 1. The van der Waals surface area contributed by atoms with Crippen molar-refractivity contribution >= 4 is 17.6 Å². The summed E-state index contributed by atoms with van der Waals surface area (Å²) in [7, 11) is 0. The first kappa shape index (κ1) is 22.5. The maximum Gasteiger partial charge on any atom is 0.243 e. The van der Waals surface area contributed by atoms with Crippen LogP contribution in [0.1, 0.15) is 55.0 Å². The molecule has 3 heterocycles. The molecule has 2 saturated heterocycles. The topological polar surface area (TPSA) is 100 Å². The normalized spacial score (nSPS) is 28.3. The molecular formula is C27H32FN5O2. The number of hydrogen-bond donors (Lipinski definition) is 3. The Hall–Kier alpha value is -3.00. The predicted octanol–water partition coefficient (Wildman–Crippen LogP) is 2.51. The fourth-order valence-corrected chi connectivity index (χ4v) is 6.61. The highest BCUT2D eigenvalue weighted by molar-refractivity contribution is 5.93. The number of halogens is 1. The molecule has 8 heteroatoms. The molecule has 2 aliphatic carbocycles. The number of carbonyl (C=O) groups excluding carboxylic acids is 2. The van der Waals surface area contributed by atoms with Gasteiger partial charge >= 0.3 is 0 Å². The highest BCUT2D eigenvalue weighted by Crippen LogP contribution is 2.53. The van der Waals surface area contributed by atoms with Gasteiger partial charge in [-0.2, -0.15) is 0 Å². The number of hydrogen-bond acceptors (Lipinski definition) is 5. The van der Waals surface area contributed by atoms with Gasteiger partial charge in [0.15, 0.2) is 0 Å². The smallest absolute Gasteiger partial charge is 0.243 e. The summed E-state index contributed by atoms with van der Waals surface area (Å²) in [4.78, 5) is 33.3. The maximum atomic E-state index is 13.5. The van der Waals surface area contributed by atoms with E-state index in [4.69, 9.17) is 5.73 Å². The van der Waals surface area contributed by atoms with Crippen LogP contribution in [0.15, 0.2) is 36.4 Å². The van der Waals surface area contributed by atoms with Crippen LogP contribution in [0.3, 0.4) is 0 Å². The highest BCUT2D eigenvalue weighted by Gasteiger charge is 2.61. The number of nitrogen functional groups attached to an aromatic ring is 1. The molecule has 7 nitrogen and oxygen atoms in total. The Balaban J connectivity index is 1.11. The zero-order valence-electron chi connectivity index (χ0n) is 19.8. The molecule has 184 valence electrons. The van der Waals surface area contributed by atoms with E-state index in [1.807, 2.05) is 23.1 Å². The third kappa shape index (κ3) is 3.97. The summed E-state index contributed by atoms with van der Waals surface area (Å²) in [6, 6.07) is 9.58. The highest BCUT2D eigenvalue weighted by atomic mass is 19.1. The summed E-state index contributed by atoms with van der Waals surface area (Å²) in [5, 5.41) is 6.62. The summed E-state index contributed by atoms with van der Waals surface area (Å²) in [6.45, 7) is 1.42. The lowest BCUT2D eigenvalue weighted by atomic mass is 9.57. The van der Waals surface area contributed by atoms with Crippen LogP contribution >= 0.6 is 0 Å². The van der Waals surface area contributed by atoms with Crippen LogP contribution in [0.2, 0.25) is 0 Å². The number of amides is 2. The van der Waals surface area contributed by atoms with Crippen LogP contribution in [0.25, 0.3) is 0 Å². The number of carbonyl (C=O) groups is 2. The molecular weight excluding hydrogens is 445 g/mol. The fraction of sp³-hybridized carbons (Fsp3) is 0.519. The Morgan fingerprint density at radius 3 is 2.74 bits per heavy atom. The Morgan fingerprint density at radius 1 is 1.20 bits per heavy atom. The molecule has 4 atom stereocenters. The molecule has 2 aromatic rings. The summed E-state index contributed by atoms with van der Waals surface area (Å²) >= 11 is 0. The van der Waals surface area contributed by atoms with Crippen LogP contribution < -0.4 is 16.4 Å². The number of anilines is 1. The van der Waals surface area contributed by atoms with E-state index in [1.165, 1.54) is 12.1 Å². The molecule has 1 spiro atoms. The van der Waals surface area contributed by atoms with Crippen molar-refractivity contribution in [2.75, 3.05) is 18.8 Å². The number of likely N-dealkylation sites (tertiary alicyclic amines) is 1. The molecule has 3 fully saturated rings. The molecule has 0 bridgehead atoms. The molecule has 1 saturated carbocycles. The minimum atomic E-state index is -0.396. The number of pyridine rings is 1. The van der Waals surface area contributed by atoms with Crippen molar-refractivity contribution in [1.82, 2.24) is 20.5 Å². The number of aromatic nitrogens is 1. The SMILES string of the molecule is Nc1ccc2c(n1)CC[C@H]2NC(=O)[C@H]1N(C(=O)[C@H]2C[C@H](Cc3ccc(F)cc3)CN2)CC12CCC2. The van der Waals surface area contributed by atoms with Gasteiger partial charge in [-0.15, -0.1) is 0 Å². The summed E-state index contributed by atoms with van der Waals surface area (Å²) in [6.07, 6.45) is 6.26. The van der Waals surface area contributed by atoms with Crippen LogP contribution in [0.4, 0.5) is 10.2 Å². The lowest BCUT2D eigenvalue weighted by Crippen LogP contribution is -2.74. The number of nitrogens with zero attached hydrogens (tertiary/aromatic N) is 2. The monoisotopic (exact) mass is 477 g/mol. The van der Waals surface area contributed by atoms with E-state index in [1.54, 1.807) is 6.07 Å². The van der Waals surface area contributed by atoms with E-state index in [0.29, 0.717) is 18.3 Å². The second-order valence-corrected chi connectivity index (χ2v) is 10.8.